The van der Waals surface area contributed by atoms with Gasteiger partial charge in [-0.1, -0.05) is 48.0 Å². The van der Waals surface area contributed by atoms with Crippen LogP contribution in [0.5, 0.6) is 0 Å². The molecule has 2 aromatic carbocycles. The summed E-state index contributed by atoms with van der Waals surface area (Å²) in [6, 6.07) is 23.1. The normalized spacial score (nSPS) is 13.4. The highest BCUT2D eigenvalue weighted by atomic mass is 16.4. The molecule has 2 aromatic heterocycles. The second kappa shape index (κ2) is 10.4. The number of nitrogen functional groups attached to an aromatic ring is 1. The number of hydrogen-bond acceptors (Lipinski definition) is 5. The van der Waals surface area contributed by atoms with Crippen molar-refractivity contribution >= 4 is 28.9 Å². The second-order valence-corrected chi connectivity index (χ2v) is 8.81. The lowest BCUT2D eigenvalue weighted by Crippen LogP contribution is -2.34. The Labute approximate surface area is 210 Å². The van der Waals surface area contributed by atoms with Crippen molar-refractivity contribution in [3.05, 3.63) is 113 Å². The first kappa shape index (κ1) is 24.6. The summed E-state index contributed by atoms with van der Waals surface area (Å²) in [5.74, 6) is -0.516. The van der Waals surface area contributed by atoms with Gasteiger partial charge in [0.1, 0.15) is 17.2 Å². The lowest BCUT2D eigenvalue weighted by Gasteiger charge is -2.05. The Morgan fingerprint density at radius 1 is 1.03 bits per heavy atom. The fourth-order valence-electron chi connectivity index (χ4n) is 4.14. The number of nitrogens with two attached hydrogens (primary N) is 1. The first-order valence-corrected chi connectivity index (χ1v) is 11.7. The summed E-state index contributed by atoms with van der Waals surface area (Å²) in [6.07, 6.45) is 3.87. The van der Waals surface area contributed by atoms with Crippen LogP contribution >= 0.6 is 0 Å². The number of allylic oxidation sites excluding steroid dienone is 1. The van der Waals surface area contributed by atoms with Crippen LogP contribution in [0.4, 0.5) is 11.5 Å². The topological polar surface area (TPSA) is 100 Å². The summed E-state index contributed by atoms with van der Waals surface area (Å²) in [6.45, 7) is 7.89. The molecule has 1 aliphatic rings. The number of carboxylic acids is 1. The average Bonchev–Trinajstić information content (AvgIpc) is 3.32. The van der Waals surface area contributed by atoms with Crippen LogP contribution in [-0.2, 0) is 11.3 Å². The molecule has 0 spiro atoms. The molecule has 36 heavy (non-hydrogen) atoms. The number of benzene rings is 2. The van der Waals surface area contributed by atoms with Gasteiger partial charge in [0.05, 0.1) is 18.3 Å². The van der Waals surface area contributed by atoms with Gasteiger partial charge in [0.2, 0.25) is 11.4 Å². The van der Waals surface area contributed by atoms with Crippen molar-refractivity contribution in [2.75, 3.05) is 5.73 Å². The van der Waals surface area contributed by atoms with Gasteiger partial charge in [0, 0.05) is 23.7 Å². The van der Waals surface area contributed by atoms with Crippen molar-refractivity contribution in [1.82, 2.24) is 9.78 Å². The predicted octanol–water partition coefficient (Wildman–Crippen LogP) is 3.59. The minimum atomic E-state index is -1.08. The average molecular weight is 480 g/mol. The van der Waals surface area contributed by atoms with E-state index in [1.54, 1.807) is 10.9 Å². The van der Waals surface area contributed by atoms with E-state index in [4.69, 9.17) is 20.6 Å². The number of aryl methyl sites for hydroxylation is 2. The Bertz CT molecular complexity index is 1460. The Balaban J connectivity index is 0.000000709. The number of anilines is 1. The van der Waals surface area contributed by atoms with Gasteiger partial charge in [-0.2, -0.15) is 9.67 Å². The van der Waals surface area contributed by atoms with Crippen molar-refractivity contribution < 1.29 is 14.5 Å². The number of carbonyl (C=O) groups excluding carboxylic acids is 1. The third-order valence-electron chi connectivity index (χ3n) is 5.90. The molecule has 3 heterocycles. The lowest BCUT2D eigenvalue weighted by atomic mass is 10.1. The summed E-state index contributed by atoms with van der Waals surface area (Å²) in [7, 11) is 0. The molecule has 4 aromatic rings. The van der Waals surface area contributed by atoms with Crippen LogP contribution in [0, 0.1) is 13.8 Å². The molecule has 0 saturated heterocycles. The molecule has 0 amide bonds. The fourth-order valence-corrected chi connectivity index (χ4v) is 4.14. The number of fused-ring (bicyclic) bond motifs is 1. The third kappa shape index (κ3) is 5.25. The molecule has 182 valence electrons. The highest BCUT2D eigenvalue weighted by Crippen LogP contribution is 2.30. The number of rotatable bonds is 4. The van der Waals surface area contributed by atoms with Gasteiger partial charge in [-0.15, -0.1) is 0 Å². The quantitative estimate of drug-likeness (QED) is 0.452. The molecule has 0 bridgehead atoms. The standard InChI is InChI=1S/C27H25N5.C2H4O2/c1-18-9-11-21(12-10-18)17-32-27(28)23(16-29-32)30-25-20(3)26(22-7-5-4-6-8-22)31-14-13-19(2)15-24(25)31;1-2(3)4/h4-16,28H,17H2,1-3H3;1H3,(H,3,4). The largest absolute Gasteiger partial charge is 0.550 e. The van der Waals surface area contributed by atoms with Gasteiger partial charge < -0.3 is 15.6 Å². The van der Waals surface area contributed by atoms with E-state index in [2.05, 4.69) is 97.3 Å². The van der Waals surface area contributed by atoms with E-state index in [1.807, 2.05) is 6.07 Å². The minimum Gasteiger partial charge on any atom is -0.550 e. The van der Waals surface area contributed by atoms with Crippen LogP contribution < -0.4 is 15.4 Å². The predicted molar refractivity (Wildman–Crippen MR) is 140 cm³/mol. The molecule has 5 rings (SSSR count). The Kier molecular flexibility index (Phi) is 7.10. The number of nitrogens with zero attached hydrogens (tertiary/aromatic N) is 4. The van der Waals surface area contributed by atoms with Gasteiger partial charge >= 0.3 is 0 Å². The van der Waals surface area contributed by atoms with Crippen molar-refractivity contribution in [2.24, 2.45) is 4.99 Å². The van der Waals surface area contributed by atoms with Crippen molar-refractivity contribution in [1.29, 1.82) is 0 Å². The van der Waals surface area contributed by atoms with Crippen LogP contribution in [0.15, 0.2) is 89.7 Å². The number of aliphatic carboxylic acids is 1. The van der Waals surface area contributed by atoms with E-state index in [1.165, 1.54) is 11.1 Å². The molecule has 0 aliphatic carbocycles. The summed E-state index contributed by atoms with van der Waals surface area (Å²) < 4.78 is 4.02. The van der Waals surface area contributed by atoms with E-state index in [0.29, 0.717) is 18.1 Å². The van der Waals surface area contributed by atoms with Crippen LogP contribution in [0.2, 0.25) is 0 Å². The summed E-state index contributed by atoms with van der Waals surface area (Å²) in [5, 5.41) is 13.4. The zero-order valence-electron chi connectivity index (χ0n) is 20.9. The molecule has 2 N–H and O–H groups in total. The molecule has 0 fully saturated rings. The van der Waals surface area contributed by atoms with Gasteiger partial charge in [-0.25, -0.2) is 9.67 Å². The number of aliphatic imine (C=N–C) groups is 1. The highest BCUT2D eigenvalue weighted by molar-refractivity contribution is 6.17. The van der Waals surface area contributed by atoms with Crippen molar-refractivity contribution in [3.63, 3.8) is 0 Å². The van der Waals surface area contributed by atoms with Crippen molar-refractivity contribution in [3.8, 4) is 0 Å². The van der Waals surface area contributed by atoms with Gasteiger partial charge in [-0.3, -0.25) is 0 Å². The molecule has 0 unspecified atom stereocenters. The van der Waals surface area contributed by atoms with E-state index < -0.39 is 5.97 Å². The molecule has 0 radical (unpaired) electrons. The first-order chi connectivity index (χ1) is 17.2. The molecule has 7 nitrogen and oxygen atoms in total. The molecule has 1 aliphatic heterocycles. The number of aromatic nitrogens is 3. The van der Waals surface area contributed by atoms with Crippen LogP contribution in [0.3, 0.4) is 0 Å². The zero-order valence-corrected chi connectivity index (χ0v) is 20.9. The van der Waals surface area contributed by atoms with E-state index in [9.17, 15) is 0 Å². The maximum absolute atomic E-state index is 8.89. The molecular formula is C29H29N5O2. The van der Waals surface area contributed by atoms with E-state index in [0.717, 1.165) is 40.7 Å². The monoisotopic (exact) mass is 479 g/mol. The zero-order chi connectivity index (χ0) is 25.8. The van der Waals surface area contributed by atoms with Gasteiger partial charge in [0.15, 0.2) is 6.20 Å². The number of carboxylic acid groups (broad SMARTS) is 1. The molecule has 7 heteroatoms. The Morgan fingerprint density at radius 3 is 2.36 bits per heavy atom. The maximum Gasteiger partial charge on any atom is 0.237 e. The summed E-state index contributed by atoms with van der Waals surface area (Å²) in [4.78, 5) is 13.9. The van der Waals surface area contributed by atoms with Crippen LogP contribution in [0.25, 0.3) is 5.70 Å². The highest BCUT2D eigenvalue weighted by Gasteiger charge is 2.35. The number of hydrogen-bond donors (Lipinski definition) is 1. The van der Waals surface area contributed by atoms with E-state index in [-0.39, 0.29) is 0 Å². The Morgan fingerprint density at radius 2 is 1.69 bits per heavy atom. The summed E-state index contributed by atoms with van der Waals surface area (Å²) in [5.41, 5.74) is 16.1. The third-order valence-corrected chi connectivity index (χ3v) is 5.90. The van der Waals surface area contributed by atoms with Crippen molar-refractivity contribution in [2.45, 2.75) is 34.2 Å². The first-order valence-electron chi connectivity index (χ1n) is 11.7. The Hall–Kier alpha value is -4.52. The van der Waals surface area contributed by atoms with Gasteiger partial charge in [0.25, 0.3) is 0 Å². The lowest BCUT2D eigenvalue weighted by molar-refractivity contribution is -0.578. The van der Waals surface area contributed by atoms with Crippen LogP contribution in [-0.4, -0.2) is 21.5 Å². The second-order valence-electron chi connectivity index (χ2n) is 8.81. The number of carbonyl (C=O) groups is 1. The number of pyridine rings is 1. The molecular weight excluding hydrogens is 450 g/mol. The smallest absolute Gasteiger partial charge is 0.237 e. The minimum absolute atomic E-state index is 0.568. The molecule has 0 saturated carbocycles. The fraction of sp³-hybridized carbons (Fsp3) is 0.172. The maximum atomic E-state index is 8.89. The summed E-state index contributed by atoms with van der Waals surface area (Å²) >= 11 is 0. The van der Waals surface area contributed by atoms with Crippen LogP contribution in [0.1, 0.15) is 41.8 Å². The van der Waals surface area contributed by atoms with Gasteiger partial charge in [-0.05, 0) is 51.0 Å². The molecule has 0 atom stereocenters. The SMILES string of the molecule is CC(=O)[O-].CC1=C(c2ccccc2)[n+]2ccc(C)cc2C1=Nc1cnn(Cc2ccc(C)cc2)c1N. The van der Waals surface area contributed by atoms with E-state index >= 15 is 0 Å².